The van der Waals surface area contributed by atoms with Gasteiger partial charge in [0.25, 0.3) is 0 Å². The van der Waals surface area contributed by atoms with Crippen molar-refractivity contribution in [3.8, 4) is 0 Å². The van der Waals surface area contributed by atoms with Gasteiger partial charge in [0.1, 0.15) is 0 Å². The molecule has 2 rings (SSSR count). The molecule has 17 heavy (non-hydrogen) atoms. The smallest absolute Gasteiger partial charge is 0.314 e. The third kappa shape index (κ3) is 1.86. The first-order valence-electron chi connectivity index (χ1n) is 6.30. The van der Waals surface area contributed by atoms with Crippen LogP contribution in [0.15, 0.2) is 18.2 Å². The molecule has 0 amide bonds. The summed E-state index contributed by atoms with van der Waals surface area (Å²) in [5.41, 5.74) is 2.78. The number of hydrogen-bond donors (Lipinski definition) is 1. The van der Waals surface area contributed by atoms with Gasteiger partial charge < -0.3 is 5.11 Å². The zero-order valence-corrected chi connectivity index (χ0v) is 10.8. The van der Waals surface area contributed by atoms with Crippen LogP contribution in [0.3, 0.4) is 0 Å². The van der Waals surface area contributed by atoms with Crippen LogP contribution < -0.4 is 0 Å². The monoisotopic (exact) mass is 232 g/mol. The van der Waals surface area contributed by atoms with E-state index in [1.807, 2.05) is 19.1 Å². The minimum atomic E-state index is -0.662. The summed E-state index contributed by atoms with van der Waals surface area (Å²) in [4.78, 5) is 11.6. The fourth-order valence-corrected chi connectivity index (χ4v) is 2.79. The maximum atomic E-state index is 11.6. The predicted octanol–water partition coefficient (Wildman–Crippen LogP) is 3.45. The van der Waals surface area contributed by atoms with Gasteiger partial charge in [-0.1, -0.05) is 31.5 Å². The lowest BCUT2D eigenvalue weighted by molar-refractivity contribution is -0.149. The van der Waals surface area contributed by atoms with E-state index in [0.717, 1.165) is 24.8 Å². The topological polar surface area (TPSA) is 37.3 Å². The molecule has 1 fully saturated rings. The Bertz CT molecular complexity index is 442. The van der Waals surface area contributed by atoms with Crippen molar-refractivity contribution >= 4 is 5.97 Å². The number of carboxylic acid groups (broad SMARTS) is 1. The lowest BCUT2D eigenvalue weighted by Crippen LogP contribution is -2.47. The first-order valence-corrected chi connectivity index (χ1v) is 6.30. The Labute approximate surface area is 103 Å². The van der Waals surface area contributed by atoms with Crippen LogP contribution in [0.25, 0.3) is 0 Å². The van der Waals surface area contributed by atoms with Gasteiger partial charge in [-0.2, -0.15) is 0 Å². The van der Waals surface area contributed by atoms with Crippen LogP contribution in [0, 0.1) is 19.8 Å². The summed E-state index contributed by atoms with van der Waals surface area (Å²) in [5, 5.41) is 9.51. The van der Waals surface area contributed by atoms with Gasteiger partial charge in [-0.05, 0) is 49.3 Å². The number of rotatable bonds is 3. The van der Waals surface area contributed by atoms with E-state index in [4.69, 9.17) is 0 Å². The highest BCUT2D eigenvalue weighted by molar-refractivity contribution is 5.83. The molecule has 0 spiro atoms. The van der Waals surface area contributed by atoms with Gasteiger partial charge in [-0.25, -0.2) is 0 Å². The van der Waals surface area contributed by atoms with Crippen LogP contribution in [0.2, 0.25) is 0 Å². The SMILES string of the molecule is CCC1CC(C(=O)O)(c2ccc(C)c(C)c2)C1. The van der Waals surface area contributed by atoms with E-state index < -0.39 is 11.4 Å². The molecule has 0 aliphatic heterocycles. The molecule has 2 heteroatoms. The van der Waals surface area contributed by atoms with Crippen molar-refractivity contribution in [3.05, 3.63) is 34.9 Å². The van der Waals surface area contributed by atoms with Crippen molar-refractivity contribution in [2.24, 2.45) is 5.92 Å². The molecule has 0 aromatic heterocycles. The summed E-state index contributed by atoms with van der Waals surface area (Å²) in [7, 11) is 0. The van der Waals surface area contributed by atoms with Gasteiger partial charge in [-0.3, -0.25) is 4.79 Å². The molecule has 0 radical (unpaired) electrons. The first-order chi connectivity index (χ1) is 7.99. The molecular weight excluding hydrogens is 212 g/mol. The van der Waals surface area contributed by atoms with E-state index in [1.165, 1.54) is 11.1 Å². The molecule has 0 atom stereocenters. The Kier molecular flexibility index (Phi) is 2.98. The summed E-state index contributed by atoms with van der Waals surface area (Å²) < 4.78 is 0. The van der Waals surface area contributed by atoms with E-state index in [1.54, 1.807) is 0 Å². The van der Waals surface area contributed by atoms with Crippen LogP contribution in [0.4, 0.5) is 0 Å². The third-order valence-corrected chi connectivity index (χ3v) is 4.32. The average molecular weight is 232 g/mol. The number of carbonyl (C=O) groups is 1. The van der Waals surface area contributed by atoms with E-state index >= 15 is 0 Å². The van der Waals surface area contributed by atoms with Gasteiger partial charge in [0, 0.05) is 0 Å². The van der Waals surface area contributed by atoms with Crippen molar-refractivity contribution < 1.29 is 9.90 Å². The Hall–Kier alpha value is -1.31. The molecule has 1 aliphatic rings. The van der Waals surface area contributed by atoms with Crippen molar-refractivity contribution in [1.82, 2.24) is 0 Å². The largest absolute Gasteiger partial charge is 0.481 e. The van der Waals surface area contributed by atoms with Gasteiger partial charge in [-0.15, -0.1) is 0 Å². The van der Waals surface area contributed by atoms with Gasteiger partial charge >= 0.3 is 5.97 Å². The number of aliphatic carboxylic acids is 1. The summed E-state index contributed by atoms with van der Waals surface area (Å²) in [6, 6.07) is 6.08. The zero-order chi connectivity index (χ0) is 12.6. The number of aryl methyl sites for hydroxylation is 2. The molecule has 2 nitrogen and oxygen atoms in total. The number of carboxylic acids is 1. The molecule has 1 N–H and O–H groups in total. The summed E-state index contributed by atoms with van der Waals surface area (Å²) >= 11 is 0. The van der Waals surface area contributed by atoms with Gasteiger partial charge in [0.2, 0.25) is 0 Å². The Morgan fingerprint density at radius 2 is 2.00 bits per heavy atom. The highest BCUT2D eigenvalue weighted by Crippen LogP contribution is 2.49. The van der Waals surface area contributed by atoms with E-state index in [0.29, 0.717) is 5.92 Å². The summed E-state index contributed by atoms with van der Waals surface area (Å²) in [6.07, 6.45) is 2.67. The fraction of sp³-hybridized carbons (Fsp3) is 0.533. The van der Waals surface area contributed by atoms with E-state index in [9.17, 15) is 9.90 Å². The summed E-state index contributed by atoms with van der Waals surface area (Å²) in [5.74, 6) is -0.0850. The van der Waals surface area contributed by atoms with Crippen molar-refractivity contribution in [3.63, 3.8) is 0 Å². The van der Waals surface area contributed by atoms with Crippen molar-refractivity contribution in [2.45, 2.75) is 45.4 Å². The molecule has 0 saturated heterocycles. The molecule has 1 saturated carbocycles. The standard InChI is InChI=1S/C15H20O2/c1-4-12-8-15(9-12,14(16)17)13-6-5-10(2)11(3)7-13/h5-7,12H,4,8-9H2,1-3H3,(H,16,17). The van der Waals surface area contributed by atoms with Crippen LogP contribution in [-0.4, -0.2) is 11.1 Å². The summed E-state index contributed by atoms with van der Waals surface area (Å²) in [6.45, 7) is 6.24. The normalized spacial score (nSPS) is 27.6. The zero-order valence-electron chi connectivity index (χ0n) is 10.8. The van der Waals surface area contributed by atoms with E-state index in [-0.39, 0.29) is 0 Å². The van der Waals surface area contributed by atoms with Crippen LogP contribution >= 0.6 is 0 Å². The molecule has 0 heterocycles. The van der Waals surface area contributed by atoms with Crippen molar-refractivity contribution in [1.29, 1.82) is 0 Å². The highest BCUT2D eigenvalue weighted by Gasteiger charge is 2.50. The fourth-order valence-electron chi connectivity index (χ4n) is 2.79. The van der Waals surface area contributed by atoms with Crippen LogP contribution in [-0.2, 0) is 10.2 Å². The second kappa shape index (κ2) is 4.17. The Morgan fingerprint density at radius 1 is 1.35 bits per heavy atom. The molecule has 1 aliphatic carbocycles. The quantitative estimate of drug-likeness (QED) is 0.866. The number of benzene rings is 1. The van der Waals surface area contributed by atoms with Crippen LogP contribution in [0.5, 0.6) is 0 Å². The molecule has 0 bridgehead atoms. The Balaban J connectivity index is 2.35. The Morgan fingerprint density at radius 3 is 2.47 bits per heavy atom. The molecule has 0 unspecified atom stereocenters. The first kappa shape index (κ1) is 12.2. The highest BCUT2D eigenvalue weighted by atomic mass is 16.4. The maximum Gasteiger partial charge on any atom is 0.314 e. The minimum absolute atomic E-state index is 0.577. The maximum absolute atomic E-state index is 11.6. The second-order valence-corrected chi connectivity index (χ2v) is 5.37. The molecule has 1 aromatic carbocycles. The average Bonchev–Trinajstić information content (AvgIpc) is 2.21. The third-order valence-electron chi connectivity index (χ3n) is 4.32. The number of hydrogen-bond acceptors (Lipinski definition) is 1. The molecule has 1 aromatic rings. The van der Waals surface area contributed by atoms with Gasteiger partial charge in [0.05, 0.1) is 5.41 Å². The van der Waals surface area contributed by atoms with E-state index in [2.05, 4.69) is 19.9 Å². The lowest BCUT2D eigenvalue weighted by Gasteiger charge is -2.44. The molecule has 92 valence electrons. The predicted molar refractivity (Wildman–Crippen MR) is 68.2 cm³/mol. The molecular formula is C15H20O2. The lowest BCUT2D eigenvalue weighted by atomic mass is 9.58. The van der Waals surface area contributed by atoms with Crippen molar-refractivity contribution in [2.75, 3.05) is 0 Å². The minimum Gasteiger partial charge on any atom is -0.481 e. The van der Waals surface area contributed by atoms with Gasteiger partial charge in [0.15, 0.2) is 0 Å². The second-order valence-electron chi connectivity index (χ2n) is 5.37. The van der Waals surface area contributed by atoms with Crippen LogP contribution in [0.1, 0.15) is 42.9 Å².